The molecule has 5 nitrogen and oxygen atoms in total. The lowest BCUT2D eigenvalue weighted by Crippen LogP contribution is -2.07. The van der Waals surface area contributed by atoms with Gasteiger partial charge in [0.05, 0.1) is 25.7 Å². The van der Waals surface area contributed by atoms with Crippen LogP contribution in [0.25, 0.3) is 0 Å². The van der Waals surface area contributed by atoms with Gasteiger partial charge in [0, 0.05) is 5.56 Å². The Labute approximate surface area is 92.5 Å². The van der Waals surface area contributed by atoms with Crippen LogP contribution in [0.15, 0.2) is 12.1 Å². The predicted molar refractivity (Wildman–Crippen MR) is 55.0 cm³/mol. The second-order valence-corrected chi connectivity index (χ2v) is 3.12. The van der Waals surface area contributed by atoms with E-state index in [-0.39, 0.29) is 24.3 Å². The van der Waals surface area contributed by atoms with Gasteiger partial charge in [0.25, 0.3) is 0 Å². The Morgan fingerprint density at radius 1 is 1.56 bits per heavy atom. The Morgan fingerprint density at radius 2 is 2.25 bits per heavy atom. The lowest BCUT2D eigenvalue weighted by molar-refractivity contribution is -0.136. The standard InChI is InChI=1S/C11H11NO4/c1-16-11-7(5-12)2-3-8(6-13)9(11)4-10(14)15/h2-3,13H,4,6H2,1H3,(H,14,15). The van der Waals surface area contributed by atoms with Crippen LogP contribution in [0.5, 0.6) is 5.75 Å². The number of hydrogen-bond donors (Lipinski definition) is 2. The number of carbonyl (C=O) groups is 1. The van der Waals surface area contributed by atoms with Crippen molar-refractivity contribution in [1.29, 1.82) is 5.26 Å². The zero-order chi connectivity index (χ0) is 12.1. The fourth-order valence-corrected chi connectivity index (χ4v) is 1.48. The van der Waals surface area contributed by atoms with Crippen LogP contribution in [-0.4, -0.2) is 23.3 Å². The van der Waals surface area contributed by atoms with E-state index in [2.05, 4.69) is 0 Å². The van der Waals surface area contributed by atoms with Crippen molar-refractivity contribution in [2.24, 2.45) is 0 Å². The van der Waals surface area contributed by atoms with E-state index in [4.69, 9.17) is 20.2 Å². The summed E-state index contributed by atoms with van der Waals surface area (Å²) in [6, 6.07) is 4.93. The monoisotopic (exact) mass is 221 g/mol. The first-order chi connectivity index (χ1) is 7.63. The number of nitriles is 1. The summed E-state index contributed by atoms with van der Waals surface area (Å²) in [5.41, 5.74) is 1.06. The van der Waals surface area contributed by atoms with Gasteiger partial charge >= 0.3 is 5.97 Å². The molecule has 0 heterocycles. The highest BCUT2D eigenvalue weighted by atomic mass is 16.5. The number of ether oxygens (including phenoxy) is 1. The number of aliphatic carboxylic acids is 1. The van der Waals surface area contributed by atoms with Gasteiger partial charge in [-0.25, -0.2) is 0 Å². The molecule has 16 heavy (non-hydrogen) atoms. The molecule has 0 aliphatic rings. The highest BCUT2D eigenvalue weighted by Gasteiger charge is 2.16. The highest BCUT2D eigenvalue weighted by molar-refractivity contribution is 5.73. The normalized spacial score (nSPS) is 9.56. The van der Waals surface area contributed by atoms with Crippen LogP contribution in [0.2, 0.25) is 0 Å². The molecule has 1 aromatic carbocycles. The van der Waals surface area contributed by atoms with Crippen molar-refractivity contribution in [2.75, 3.05) is 7.11 Å². The molecule has 0 bridgehead atoms. The second-order valence-electron chi connectivity index (χ2n) is 3.12. The summed E-state index contributed by atoms with van der Waals surface area (Å²) < 4.78 is 5.01. The van der Waals surface area contributed by atoms with Crippen molar-refractivity contribution in [2.45, 2.75) is 13.0 Å². The topological polar surface area (TPSA) is 90.5 Å². The molecule has 5 heteroatoms. The summed E-state index contributed by atoms with van der Waals surface area (Å²) in [5.74, 6) is -0.820. The maximum Gasteiger partial charge on any atom is 0.307 e. The molecule has 0 saturated heterocycles. The molecule has 2 N–H and O–H groups in total. The first kappa shape index (κ1) is 12.0. The van der Waals surface area contributed by atoms with E-state index in [9.17, 15) is 4.79 Å². The minimum absolute atomic E-state index is 0.219. The van der Waals surface area contributed by atoms with E-state index in [1.165, 1.54) is 19.2 Å². The first-order valence-corrected chi connectivity index (χ1v) is 4.55. The number of hydrogen-bond acceptors (Lipinski definition) is 4. The molecule has 0 amide bonds. The molecule has 0 radical (unpaired) electrons. The molecule has 0 aliphatic heterocycles. The third kappa shape index (κ3) is 2.30. The van der Waals surface area contributed by atoms with Gasteiger partial charge in [-0.1, -0.05) is 6.07 Å². The van der Waals surface area contributed by atoms with Crippen molar-refractivity contribution >= 4 is 5.97 Å². The van der Waals surface area contributed by atoms with Crippen LogP contribution in [-0.2, 0) is 17.8 Å². The van der Waals surface area contributed by atoms with Crippen LogP contribution in [0.3, 0.4) is 0 Å². The summed E-state index contributed by atoms with van der Waals surface area (Å²) in [6.45, 7) is -0.287. The van der Waals surface area contributed by atoms with Crippen molar-refractivity contribution in [3.8, 4) is 11.8 Å². The van der Waals surface area contributed by atoms with Crippen molar-refractivity contribution in [3.63, 3.8) is 0 Å². The van der Waals surface area contributed by atoms with Gasteiger partial charge in [0.1, 0.15) is 11.8 Å². The van der Waals surface area contributed by atoms with Gasteiger partial charge in [-0.2, -0.15) is 5.26 Å². The quantitative estimate of drug-likeness (QED) is 0.780. The van der Waals surface area contributed by atoms with Crippen molar-refractivity contribution in [1.82, 2.24) is 0 Å². The first-order valence-electron chi connectivity index (χ1n) is 4.55. The molecule has 1 aromatic rings. The van der Waals surface area contributed by atoms with Gasteiger partial charge < -0.3 is 14.9 Å². The summed E-state index contributed by atoms with van der Waals surface area (Å²) in [5, 5.41) is 26.7. The van der Waals surface area contributed by atoms with Crippen LogP contribution >= 0.6 is 0 Å². The van der Waals surface area contributed by atoms with Crippen LogP contribution < -0.4 is 4.74 Å². The average molecular weight is 221 g/mol. The number of aliphatic hydroxyl groups excluding tert-OH is 1. The molecule has 84 valence electrons. The van der Waals surface area contributed by atoms with Gasteiger partial charge in [-0.3, -0.25) is 4.79 Å². The number of carboxylic acid groups (broad SMARTS) is 1. The van der Waals surface area contributed by atoms with Crippen LogP contribution in [0, 0.1) is 11.3 Å². The third-order valence-electron chi connectivity index (χ3n) is 2.18. The largest absolute Gasteiger partial charge is 0.495 e. The minimum Gasteiger partial charge on any atom is -0.495 e. The number of methoxy groups -OCH3 is 1. The molecular weight excluding hydrogens is 210 g/mol. The number of carboxylic acids is 1. The Bertz CT molecular complexity index is 448. The SMILES string of the molecule is COc1c(C#N)ccc(CO)c1CC(=O)O. The van der Waals surface area contributed by atoms with Gasteiger partial charge in [-0.15, -0.1) is 0 Å². The Kier molecular flexibility index (Phi) is 3.86. The molecule has 0 saturated carbocycles. The second kappa shape index (κ2) is 5.14. The third-order valence-corrected chi connectivity index (χ3v) is 2.18. The van der Waals surface area contributed by atoms with Crippen molar-refractivity contribution < 1.29 is 19.7 Å². The molecular formula is C11H11NO4. The highest BCUT2D eigenvalue weighted by Crippen LogP contribution is 2.27. The lowest BCUT2D eigenvalue weighted by atomic mass is 10.0. The van der Waals surface area contributed by atoms with Crippen LogP contribution in [0.4, 0.5) is 0 Å². The molecule has 0 atom stereocenters. The molecule has 0 aromatic heterocycles. The number of nitrogens with zero attached hydrogens (tertiary/aromatic N) is 1. The summed E-state index contributed by atoms with van der Waals surface area (Å²) in [4.78, 5) is 10.7. The van der Waals surface area contributed by atoms with Gasteiger partial charge in [-0.05, 0) is 11.6 Å². The average Bonchev–Trinajstić information content (AvgIpc) is 2.27. The zero-order valence-electron chi connectivity index (χ0n) is 8.73. The predicted octanol–water partition coefficient (Wildman–Crippen LogP) is 0.686. The maximum atomic E-state index is 10.7. The van der Waals surface area contributed by atoms with Gasteiger partial charge in [0.2, 0.25) is 0 Å². The fourth-order valence-electron chi connectivity index (χ4n) is 1.48. The Morgan fingerprint density at radius 3 is 2.69 bits per heavy atom. The number of aliphatic hydroxyl groups is 1. The lowest BCUT2D eigenvalue weighted by Gasteiger charge is -2.12. The molecule has 0 spiro atoms. The van der Waals surface area contributed by atoms with Crippen LogP contribution in [0.1, 0.15) is 16.7 Å². The van der Waals surface area contributed by atoms with E-state index in [1.807, 2.05) is 6.07 Å². The summed E-state index contributed by atoms with van der Waals surface area (Å²) in [7, 11) is 1.36. The molecule has 0 unspecified atom stereocenters. The molecule has 0 aliphatic carbocycles. The van der Waals surface area contributed by atoms with E-state index >= 15 is 0 Å². The van der Waals surface area contributed by atoms with Crippen molar-refractivity contribution in [3.05, 3.63) is 28.8 Å². The van der Waals surface area contributed by atoms with E-state index in [0.29, 0.717) is 11.1 Å². The zero-order valence-corrected chi connectivity index (χ0v) is 8.73. The fraction of sp³-hybridized carbons (Fsp3) is 0.273. The maximum absolute atomic E-state index is 10.7. The van der Waals surface area contributed by atoms with E-state index in [1.54, 1.807) is 0 Å². The Hall–Kier alpha value is -2.06. The van der Waals surface area contributed by atoms with Gasteiger partial charge in [0.15, 0.2) is 0 Å². The molecule has 1 rings (SSSR count). The number of rotatable bonds is 4. The molecule has 0 fully saturated rings. The Balaban J connectivity index is 3.37. The summed E-state index contributed by atoms with van der Waals surface area (Å²) in [6.07, 6.45) is -0.283. The minimum atomic E-state index is -1.04. The van der Waals surface area contributed by atoms with E-state index < -0.39 is 5.97 Å². The van der Waals surface area contributed by atoms with E-state index in [0.717, 1.165) is 0 Å². The smallest absolute Gasteiger partial charge is 0.307 e. The number of benzene rings is 1. The summed E-state index contributed by atoms with van der Waals surface area (Å²) >= 11 is 0.